The van der Waals surface area contributed by atoms with Gasteiger partial charge in [-0.1, -0.05) is 68.7 Å². The Kier molecular flexibility index (Phi) is 6.45. The molecule has 1 heteroatoms. The second kappa shape index (κ2) is 8.11. The smallest absolute Gasteiger partial charge is 0.0278 e. The van der Waals surface area contributed by atoms with Gasteiger partial charge < -0.3 is 0 Å². The lowest BCUT2D eigenvalue weighted by atomic mass is 9.96. The Labute approximate surface area is 122 Å². The minimum Gasteiger partial charge on any atom is -0.296 e. The summed E-state index contributed by atoms with van der Waals surface area (Å²) in [6, 6.07) is 8.36. The molecule has 1 rings (SSSR count). The van der Waals surface area contributed by atoms with Crippen molar-refractivity contribution in [1.82, 2.24) is 0 Å². The van der Waals surface area contributed by atoms with E-state index in [1.807, 2.05) is 6.08 Å². The molecular formula is C19H23N. The highest BCUT2D eigenvalue weighted by atomic mass is 14.6. The molecule has 1 nitrogen and oxygen atoms in total. The zero-order valence-corrected chi connectivity index (χ0v) is 12.5. The SMILES string of the molecule is C=CC(=C)Cc1ccccc1C=C(CC)C(=C)C=NC. The van der Waals surface area contributed by atoms with Crippen LogP contribution in [0.2, 0.25) is 0 Å². The van der Waals surface area contributed by atoms with Gasteiger partial charge in [0.2, 0.25) is 0 Å². The molecule has 0 unspecified atom stereocenters. The van der Waals surface area contributed by atoms with E-state index in [1.54, 1.807) is 13.3 Å². The van der Waals surface area contributed by atoms with Gasteiger partial charge in [0.15, 0.2) is 0 Å². The Morgan fingerprint density at radius 2 is 1.95 bits per heavy atom. The maximum absolute atomic E-state index is 4.07. The molecule has 104 valence electrons. The van der Waals surface area contributed by atoms with E-state index in [1.165, 1.54) is 16.7 Å². The molecule has 0 aliphatic carbocycles. The first kappa shape index (κ1) is 15.9. The number of benzene rings is 1. The molecule has 1 aromatic rings. The zero-order chi connectivity index (χ0) is 15.0. The summed E-state index contributed by atoms with van der Waals surface area (Å²) in [5.41, 5.74) is 5.65. The maximum Gasteiger partial charge on any atom is 0.0278 e. The van der Waals surface area contributed by atoms with Crippen molar-refractivity contribution in [2.75, 3.05) is 7.05 Å². The van der Waals surface area contributed by atoms with Crippen LogP contribution in [-0.2, 0) is 6.42 Å². The average Bonchev–Trinajstić information content (AvgIpc) is 2.46. The van der Waals surface area contributed by atoms with Crippen LogP contribution in [0.4, 0.5) is 0 Å². The highest BCUT2D eigenvalue weighted by Gasteiger charge is 2.03. The Bertz CT molecular complexity index is 559. The van der Waals surface area contributed by atoms with Crippen molar-refractivity contribution in [3.63, 3.8) is 0 Å². The number of hydrogen-bond acceptors (Lipinski definition) is 1. The predicted octanol–water partition coefficient (Wildman–Crippen LogP) is 5.02. The van der Waals surface area contributed by atoms with E-state index in [-0.39, 0.29) is 0 Å². The fraction of sp³-hybridized carbons (Fsp3) is 0.211. The highest BCUT2D eigenvalue weighted by molar-refractivity contribution is 5.86. The lowest BCUT2D eigenvalue weighted by Gasteiger charge is -2.09. The first-order valence-electron chi connectivity index (χ1n) is 6.82. The normalized spacial score (nSPS) is 11.6. The molecule has 0 radical (unpaired) electrons. The summed E-state index contributed by atoms with van der Waals surface area (Å²) in [5.74, 6) is 0. The van der Waals surface area contributed by atoms with Crippen LogP contribution in [0.5, 0.6) is 0 Å². The Morgan fingerprint density at radius 3 is 2.55 bits per heavy atom. The molecule has 0 saturated carbocycles. The van der Waals surface area contributed by atoms with Crippen LogP contribution in [0.25, 0.3) is 6.08 Å². The topological polar surface area (TPSA) is 12.4 Å². The third-order valence-corrected chi connectivity index (χ3v) is 3.17. The van der Waals surface area contributed by atoms with Crippen molar-refractivity contribution in [2.45, 2.75) is 19.8 Å². The van der Waals surface area contributed by atoms with E-state index in [2.05, 4.69) is 62.0 Å². The lowest BCUT2D eigenvalue weighted by molar-refractivity contribution is 1.14. The quantitative estimate of drug-likeness (QED) is 0.485. The zero-order valence-electron chi connectivity index (χ0n) is 12.5. The molecule has 0 N–H and O–H groups in total. The molecule has 1 aromatic carbocycles. The largest absolute Gasteiger partial charge is 0.296 e. The first-order chi connectivity index (χ1) is 9.62. The molecule has 0 saturated heterocycles. The minimum atomic E-state index is 0.821. The van der Waals surface area contributed by atoms with Gasteiger partial charge in [-0.15, -0.1) is 0 Å². The van der Waals surface area contributed by atoms with Crippen LogP contribution in [0.15, 0.2) is 71.8 Å². The van der Waals surface area contributed by atoms with Gasteiger partial charge in [0, 0.05) is 13.3 Å². The number of allylic oxidation sites excluding steroid dienone is 4. The molecule has 0 amide bonds. The number of rotatable bonds is 7. The summed E-state index contributed by atoms with van der Waals surface area (Å²) >= 11 is 0. The predicted molar refractivity (Wildman–Crippen MR) is 91.3 cm³/mol. The van der Waals surface area contributed by atoms with E-state index in [9.17, 15) is 0 Å². The Morgan fingerprint density at radius 1 is 1.25 bits per heavy atom. The number of hydrogen-bond donors (Lipinski definition) is 0. The van der Waals surface area contributed by atoms with E-state index >= 15 is 0 Å². The molecule has 0 heterocycles. The van der Waals surface area contributed by atoms with Crippen molar-refractivity contribution in [1.29, 1.82) is 0 Å². The van der Waals surface area contributed by atoms with Gasteiger partial charge >= 0.3 is 0 Å². The Balaban J connectivity index is 3.14. The molecule has 0 atom stereocenters. The fourth-order valence-corrected chi connectivity index (χ4v) is 2.00. The molecule has 0 aromatic heterocycles. The molecule has 0 aliphatic heterocycles. The summed E-state index contributed by atoms with van der Waals surface area (Å²) in [7, 11) is 1.76. The maximum atomic E-state index is 4.07. The summed E-state index contributed by atoms with van der Waals surface area (Å²) < 4.78 is 0. The molecule has 0 bridgehead atoms. The summed E-state index contributed by atoms with van der Waals surface area (Å²) in [6.45, 7) is 14.0. The number of nitrogens with zero attached hydrogens (tertiary/aromatic N) is 1. The van der Waals surface area contributed by atoms with Crippen LogP contribution >= 0.6 is 0 Å². The van der Waals surface area contributed by atoms with Crippen molar-refractivity contribution in [2.24, 2.45) is 4.99 Å². The van der Waals surface area contributed by atoms with Crippen LogP contribution in [0.3, 0.4) is 0 Å². The van der Waals surface area contributed by atoms with Gasteiger partial charge in [-0.25, -0.2) is 0 Å². The van der Waals surface area contributed by atoms with Gasteiger partial charge in [-0.2, -0.15) is 0 Å². The van der Waals surface area contributed by atoms with E-state index in [4.69, 9.17) is 0 Å². The molecule has 0 spiro atoms. The second-order valence-electron chi connectivity index (χ2n) is 4.67. The molecule has 0 fully saturated rings. The van der Waals surface area contributed by atoms with Crippen molar-refractivity contribution in [3.05, 3.63) is 77.9 Å². The summed E-state index contributed by atoms with van der Waals surface area (Å²) in [6.07, 6.45) is 7.56. The van der Waals surface area contributed by atoms with Gasteiger partial charge in [0.25, 0.3) is 0 Å². The van der Waals surface area contributed by atoms with Crippen LogP contribution < -0.4 is 0 Å². The number of aliphatic imine (C=N–C) groups is 1. The van der Waals surface area contributed by atoms with Crippen LogP contribution in [0.1, 0.15) is 24.5 Å². The Hall–Kier alpha value is -2.15. The third-order valence-electron chi connectivity index (χ3n) is 3.17. The first-order valence-corrected chi connectivity index (χ1v) is 6.82. The van der Waals surface area contributed by atoms with Gasteiger partial charge in [-0.3, -0.25) is 4.99 Å². The van der Waals surface area contributed by atoms with Crippen LogP contribution in [-0.4, -0.2) is 13.3 Å². The highest BCUT2D eigenvalue weighted by Crippen LogP contribution is 2.20. The van der Waals surface area contributed by atoms with Crippen molar-refractivity contribution < 1.29 is 0 Å². The summed E-state index contributed by atoms with van der Waals surface area (Å²) in [4.78, 5) is 4.04. The van der Waals surface area contributed by atoms with Crippen molar-refractivity contribution >= 4 is 12.3 Å². The van der Waals surface area contributed by atoms with Crippen LogP contribution in [0, 0.1) is 0 Å². The monoisotopic (exact) mass is 265 g/mol. The van der Waals surface area contributed by atoms with E-state index in [0.29, 0.717) is 0 Å². The molecular weight excluding hydrogens is 242 g/mol. The standard InChI is InChI=1S/C19H23N/c1-6-15(3)12-18-10-8-9-11-19(18)13-17(7-2)16(4)14-20-5/h6,8-11,13-14H,1,3-4,7,12H2,2,5H3. The fourth-order valence-electron chi connectivity index (χ4n) is 2.00. The van der Waals surface area contributed by atoms with E-state index in [0.717, 1.165) is 24.0 Å². The second-order valence-corrected chi connectivity index (χ2v) is 4.67. The molecule has 0 aliphatic rings. The van der Waals surface area contributed by atoms with Gasteiger partial charge in [-0.05, 0) is 35.1 Å². The average molecular weight is 265 g/mol. The lowest BCUT2D eigenvalue weighted by Crippen LogP contribution is -1.93. The molecule has 20 heavy (non-hydrogen) atoms. The van der Waals surface area contributed by atoms with E-state index < -0.39 is 0 Å². The minimum absolute atomic E-state index is 0.821. The van der Waals surface area contributed by atoms with Crippen molar-refractivity contribution in [3.8, 4) is 0 Å². The third kappa shape index (κ3) is 4.51. The van der Waals surface area contributed by atoms with Gasteiger partial charge in [0.1, 0.15) is 0 Å². The summed E-state index contributed by atoms with van der Waals surface area (Å²) in [5, 5.41) is 0. The van der Waals surface area contributed by atoms with Gasteiger partial charge in [0.05, 0.1) is 0 Å².